The highest BCUT2D eigenvalue weighted by atomic mass is 35.5. The number of nitrogens with two attached hydrogens (primary N) is 1. The largest absolute Gasteiger partial charge is 0.330 e. The second kappa shape index (κ2) is 11.4. The van der Waals surface area contributed by atoms with E-state index < -0.39 is 0 Å². The van der Waals surface area contributed by atoms with Gasteiger partial charge in [-0.2, -0.15) is 0 Å². The van der Waals surface area contributed by atoms with Gasteiger partial charge in [0.15, 0.2) is 0 Å². The van der Waals surface area contributed by atoms with E-state index in [0.717, 1.165) is 12.5 Å². The zero-order valence-electron chi connectivity index (χ0n) is 12.2. The molecule has 1 aromatic rings. The molecule has 1 aliphatic heterocycles. The fraction of sp³-hybridized carbons (Fsp3) is 0.625. The number of rotatable bonds is 6. The summed E-state index contributed by atoms with van der Waals surface area (Å²) < 4.78 is 0. The van der Waals surface area contributed by atoms with Gasteiger partial charge < -0.3 is 10.6 Å². The minimum absolute atomic E-state index is 0. The van der Waals surface area contributed by atoms with Crippen LogP contribution in [-0.4, -0.2) is 31.1 Å². The highest BCUT2D eigenvalue weighted by molar-refractivity contribution is 5.85. The Kier molecular flexibility index (Phi) is 11.2. The van der Waals surface area contributed by atoms with Gasteiger partial charge in [0.25, 0.3) is 0 Å². The maximum absolute atomic E-state index is 5.53. The smallest absolute Gasteiger partial charge is 0.00160 e. The van der Waals surface area contributed by atoms with Crippen LogP contribution in [0.1, 0.15) is 31.2 Å². The molecule has 2 rings (SSSR count). The standard InChI is InChI=1S/C16H26N2.2ClH/c17-10-4-5-11-18-12-8-16(9-13-18)14-15-6-2-1-3-7-15;;/h1-3,6-7,16H,4-5,8-14,17H2;2*1H. The molecule has 0 aromatic heterocycles. The Morgan fingerprint density at radius 2 is 1.65 bits per heavy atom. The molecule has 0 atom stereocenters. The van der Waals surface area contributed by atoms with Crippen molar-refractivity contribution in [3.63, 3.8) is 0 Å². The Labute approximate surface area is 135 Å². The van der Waals surface area contributed by atoms with E-state index in [1.165, 1.54) is 57.3 Å². The predicted octanol–water partition coefficient (Wildman–Crippen LogP) is 3.52. The second-order valence-electron chi connectivity index (χ2n) is 5.47. The average Bonchev–Trinajstić information content (AvgIpc) is 2.42. The van der Waals surface area contributed by atoms with Crippen LogP contribution in [0.3, 0.4) is 0 Å². The number of halogens is 2. The lowest BCUT2D eigenvalue weighted by molar-refractivity contribution is 0.181. The molecule has 20 heavy (non-hydrogen) atoms. The third-order valence-electron chi connectivity index (χ3n) is 4.00. The number of likely N-dealkylation sites (tertiary alicyclic amines) is 1. The minimum atomic E-state index is 0. The van der Waals surface area contributed by atoms with Crippen molar-refractivity contribution in [3.8, 4) is 0 Å². The van der Waals surface area contributed by atoms with Crippen molar-refractivity contribution in [2.75, 3.05) is 26.2 Å². The summed E-state index contributed by atoms with van der Waals surface area (Å²) in [7, 11) is 0. The van der Waals surface area contributed by atoms with Gasteiger partial charge in [-0.3, -0.25) is 0 Å². The Hall–Kier alpha value is -0.280. The van der Waals surface area contributed by atoms with Crippen LogP contribution in [0.25, 0.3) is 0 Å². The molecule has 0 amide bonds. The summed E-state index contributed by atoms with van der Waals surface area (Å²) in [4.78, 5) is 2.61. The van der Waals surface area contributed by atoms with Crippen LogP contribution >= 0.6 is 24.8 Å². The number of benzene rings is 1. The van der Waals surface area contributed by atoms with E-state index in [2.05, 4.69) is 35.2 Å². The quantitative estimate of drug-likeness (QED) is 0.813. The first-order valence-corrected chi connectivity index (χ1v) is 7.35. The number of nitrogens with zero attached hydrogens (tertiary/aromatic N) is 1. The van der Waals surface area contributed by atoms with E-state index in [9.17, 15) is 0 Å². The fourth-order valence-electron chi connectivity index (χ4n) is 2.84. The lowest BCUT2D eigenvalue weighted by Gasteiger charge is -2.32. The maximum atomic E-state index is 5.53. The minimum Gasteiger partial charge on any atom is -0.330 e. The van der Waals surface area contributed by atoms with Gasteiger partial charge >= 0.3 is 0 Å². The van der Waals surface area contributed by atoms with Crippen LogP contribution in [0.2, 0.25) is 0 Å². The van der Waals surface area contributed by atoms with Crippen molar-refractivity contribution in [1.82, 2.24) is 4.90 Å². The van der Waals surface area contributed by atoms with Gasteiger partial charge in [-0.05, 0) is 69.8 Å². The summed E-state index contributed by atoms with van der Waals surface area (Å²) in [5.41, 5.74) is 7.03. The van der Waals surface area contributed by atoms with Crippen LogP contribution in [0.4, 0.5) is 0 Å². The van der Waals surface area contributed by atoms with Crippen LogP contribution in [-0.2, 0) is 6.42 Å². The zero-order chi connectivity index (χ0) is 12.6. The molecule has 116 valence electrons. The second-order valence-corrected chi connectivity index (χ2v) is 5.47. The van der Waals surface area contributed by atoms with Crippen molar-refractivity contribution >= 4 is 24.8 Å². The lowest BCUT2D eigenvalue weighted by atomic mass is 9.90. The molecule has 2 nitrogen and oxygen atoms in total. The van der Waals surface area contributed by atoms with Crippen LogP contribution in [0.5, 0.6) is 0 Å². The molecule has 0 bridgehead atoms. The van der Waals surface area contributed by atoms with Crippen LogP contribution in [0, 0.1) is 5.92 Å². The topological polar surface area (TPSA) is 29.3 Å². The van der Waals surface area contributed by atoms with E-state index in [1.807, 2.05) is 0 Å². The summed E-state index contributed by atoms with van der Waals surface area (Å²) in [6.07, 6.45) is 6.41. The van der Waals surface area contributed by atoms with E-state index in [4.69, 9.17) is 5.73 Å². The fourth-order valence-corrected chi connectivity index (χ4v) is 2.84. The van der Waals surface area contributed by atoms with Gasteiger partial charge in [-0.15, -0.1) is 24.8 Å². The molecular weight excluding hydrogens is 291 g/mol. The molecule has 0 radical (unpaired) electrons. The summed E-state index contributed by atoms with van der Waals surface area (Å²) in [6.45, 7) is 4.64. The first kappa shape index (κ1) is 19.7. The molecule has 0 aliphatic carbocycles. The molecule has 0 spiro atoms. The summed E-state index contributed by atoms with van der Waals surface area (Å²) >= 11 is 0. The van der Waals surface area contributed by atoms with Crippen molar-refractivity contribution in [2.45, 2.75) is 32.1 Å². The van der Waals surface area contributed by atoms with Gasteiger partial charge in [-0.25, -0.2) is 0 Å². The first-order valence-electron chi connectivity index (χ1n) is 7.35. The Bertz CT molecular complexity index is 325. The third kappa shape index (κ3) is 6.94. The monoisotopic (exact) mass is 318 g/mol. The number of piperidine rings is 1. The number of hydrogen-bond donors (Lipinski definition) is 1. The molecule has 4 heteroatoms. The van der Waals surface area contributed by atoms with Gasteiger partial charge in [0.05, 0.1) is 0 Å². The lowest BCUT2D eigenvalue weighted by Crippen LogP contribution is -2.35. The molecule has 1 aromatic carbocycles. The van der Waals surface area contributed by atoms with Crippen molar-refractivity contribution in [3.05, 3.63) is 35.9 Å². The van der Waals surface area contributed by atoms with Gasteiger partial charge in [-0.1, -0.05) is 30.3 Å². The van der Waals surface area contributed by atoms with Crippen molar-refractivity contribution in [1.29, 1.82) is 0 Å². The molecule has 1 fully saturated rings. The summed E-state index contributed by atoms with van der Waals surface area (Å²) in [6, 6.07) is 10.9. The molecule has 0 unspecified atom stereocenters. The van der Waals surface area contributed by atoms with E-state index in [1.54, 1.807) is 0 Å². The Balaban J connectivity index is 0.00000180. The highest BCUT2D eigenvalue weighted by Gasteiger charge is 2.18. The van der Waals surface area contributed by atoms with E-state index in [-0.39, 0.29) is 24.8 Å². The van der Waals surface area contributed by atoms with Crippen LogP contribution < -0.4 is 5.73 Å². The highest BCUT2D eigenvalue weighted by Crippen LogP contribution is 2.21. The Morgan fingerprint density at radius 1 is 1.00 bits per heavy atom. The van der Waals surface area contributed by atoms with E-state index >= 15 is 0 Å². The van der Waals surface area contributed by atoms with Gasteiger partial charge in [0.2, 0.25) is 0 Å². The van der Waals surface area contributed by atoms with E-state index in [0.29, 0.717) is 0 Å². The molecule has 1 aliphatic rings. The Morgan fingerprint density at radius 3 is 2.25 bits per heavy atom. The summed E-state index contributed by atoms with van der Waals surface area (Å²) in [5.74, 6) is 0.887. The van der Waals surface area contributed by atoms with Crippen LogP contribution in [0.15, 0.2) is 30.3 Å². The normalized spacial score (nSPS) is 16.2. The molecule has 1 saturated heterocycles. The molecule has 1 heterocycles. The maximum Gasteiger partial charge on any atom is -0.00160 e. The summed E-state index contributed by atoms with van der Waals surface area (Å²) in [5, 5.41) is 0. The van der Waals surface area contributed by atoms with Gasteiger partial charge in [0, 0.05) is 0 Å². The molecule has 0 saturated carbocycles. The predicted molar refractivity (Wildman–Crippen MR) is 92.1 cm³/mol. The van der Waals surface area contributed by atoms with Crippen molar-refractivity contribution in [2.24, 2.45) is 11.7 Å². The zero-order valence-corrected chi connectivity index (χ0v) is 13.8. The van der Waals surface area contributed by atoms with Gasteiger partial charge in [0.1, 0.15) is 0 Å². The average molecular weight is 319 g/mol. The first-order chi connectivity index (χ1) is 8.88. The SMILES string of the molecule is Cl.Cl.NCCCCN1CCC(Cc2ccccc2)CC1. The number of unbranched alkanes of at least 4 members (excludes halogenated alkanes) is 1. The third-order valence-corrected chi connectivity index (χ3v) is 4.00. The molecule has 2 N–H and O–H groups in total. The molecular formula is C16H28Cl2N2. The number of hydrogen-bond acceptors (Lipinski definition) is 2. The van der Waals surface area contributed by atoms with Crippen molar-refractivity contribution < 1.29 is 0 Å².